The Morgan fingerprint density at radius 3 is 2.43 bits per heavy atom. The molecule has 0 unspecified atom stereocenters. The van der Waals surface area contributed by atoms with Crippen LogP contribution in [0.3, 0.4) is 0 Å². The van der Waals surface area contributed by atoms with Gasteiger partial charge in [-0.1, -0.05) is 5.16 Å². The molecule has 0 aliphatic rings. The van der Waals surface area contributed by atoms with Crippen LogP contribution in [0.1, 0.15) is 0 Å². The second kappa shape index (κ2) is 3.77. The quantitative estimate of drug-likeness (QED) is 0.851. The summed E-state index contributed by atoms with van der Waals surface area (Å²) in [6.07, 6.45) is 1.41. The Kier molecular flexibility index (Phi) is 2.47. The molecule has 0 fully saturated rings. The van der Waals surface area contributed by atoms with Gasteiger partial charge in [0.05, 0.1) is 0 Å². The lowest BCUT2D eigenvalue weighted by atomic mass is 10.6. The Morgan fingerprint density at radius 2 is 1.86 bits per heavy atom. The summed E-state index contributed by atoms with van der Waals surface area (Å²) in [6, 6.07) is 1.60. The molecule has 0 atom stereocenters. The third kappa shape index (κ3) is 2.09. The maximum absolute atomic E-state index is 5.56. The van der Waals surface area contributed by atoms with E-state index in [9.17, 15) is 0 Å². The van der Waals surface area contributed by atoms with E-state index < -0.39 is 0 Å². The van der Waals surface area contributed by atoms with Crippen molar-refractivity contribution in [2.45, 2.75) is 0 Å². The highest BCUT2D eigenvalue weighted by Gasteiger charge is 2.04. The first-order valence-corrected chi connectivity index (χ1v) is 4.24. The molecular formula is C6H3Cl2N5O. The highest BCUT2D eigenvalue weighted by atomic mass is 35.5. The van der Waals surface area contributed by atoms with E-state index in [4.69, 9.17) is 23.2 Å². The fourth-order valence-corrected chi connectivity index (χ4v) is 1.14. The third-order valence-electron chi connectivity index (χ3n) is 1.26. The van der Waals surface area contributed by atoms with Crippen molar-refractivity contribution in [3.8, 4) is 0 Å². The first kappa shape index (κ1) is 9.17. The Labute approximate surface area is 88.3 Å². The summed E-state index contributed by atoms with van der Waals surface area (Å²) in [4.78, 5) is 11.1. The molecule has 0 bridgehead atoms. The summed E-state index contributed by atoms with van der Waals surface area (Å²) in [5, 5.41) is 6.35. The molecule has 0 radical (unpaired) electrons. The molecule has 0 saturated heterocycles. The standard InChI is InChI=1S/C6H3Cl2N5O/c7-4-10-5(8)12-6(11-4)9-3-1-2-14-13-3/h1-2H,(H,9,10,11,12,13). The zero-order valence-corrected chi connectivity index (χ0v) is 8.12. The van der Waals surface area contributed by atoms with Gasteiger partial charge in [0, 0.05) is 6.07 Å². The Balaban J connectivity index is 2.25. The van der Waals surface area contributed by atoms with Gasteiger partial charge in [0.2, 0.25) is 16.5 Å². The highest BCUT2D eigenvalue weighted by molar-refractivity contribution is 6.31. The summed E-state index contributed by atoms with van der Waals surface area (Å²) in [5.74, 6) is 0.673. The van der Waals surface area contributed by atoms with Crippen LogP contribution >= 0.6 is 23.2 Å². The van der Waals surface area contributed by atoms with E-state index in [0.717, 1.165) is 0 Å². The number of hydrogen-bond acceptors (Lipinski definition) is 6. The minimum Gasteiger partial charge on any atom is -0.363 e. The second-order valence-electron chi connectivity index (χ2n) is 2.21. The molecule has 2 aromatic heterocycles. The van der Waals surface area contributed by atoms with Crippen molar-refractivity contribution in [1.29, 1.82) is 0 Å². The van der Waals surface area contributed by atoms with Gasteiger partial charge in [-0.2, -0.15) is 15.0 Å². The summed E-state index contributed by atoms with van der Waals surface area (Å²) >= 11 is 11.1. The molecule has 0 aliphatic carbocycles. The average molecular weight is 232 g/mol. The van der Waals surface area contributed by atoms with Gasteiger partial charge in [-0.3, -0.25) is 0 Å². The minimum absolute atomic E-state index is 0.0102. The maximum atomic E-state index is 5.56. The summed E-state index contributed by atoms with van der Waals surface area (Å²) < 4.78 is 4.60. The predicted octanol–water partition coefficient (Wildman–Crippen LogP) is 1.91. The Hall–Kier alpha value is -1.40. The zero-order chi connectivity index (χ0) is 9.97. The maximum Gasteiger partial charge on any atom is 0.234 e. The number of aromatic nitrogens is 4. The molecule has 6 nitrogen and oxygen atoms in total. The van der Waals surface area contributed by atoms with E-state index in [1.807, 2.05) is 0 Å². The molecule has 0 spiro atoms. The van der Waals surface area contributed by atoms with Crippen LogP contribution in [0.5, 0.6) is 0 Å². The van der Waals surface area contributed by atoms with Gasteiger partial charge >= 0.3 is 0 Å². The van der Waals surface area contributed by atoms with Crippen LogP contribution in [0, 0.1) is 0 Å². The number of halogens is 2. The summed E-state index contributed by atoms with van der Waals surface area (Å²) in [6.45, 7) is 0. The van der Waals surface area contributed by atoms with Crippen LogP contribution in [0.2, 0.25) is 10.6 Å². The molecule has 72 valence electrons. The number of nitrogens with one attached hydrogen (secondary N) is 1. The van der Waals surface area contributed by atoms with Crippen LogP contribution < -0.4 is 5.32 Å². The van der Waals surface area contributed by atoms with Gasteiger partial charge in [0.25, 0.3) is 0 Å². The Bertz CT molecular complexity index is 412. The Morgan fingerprint density at radius 1 is 1.14 bits per heavy atom. The van der Waals surface area contributed by atoms with Crippen molar-refractivity contribution in [1.82, 2.24) is 20.1 Å². The van der Waals surface area contributed by atoms with E-state index >= 15 is 0 Å². The van der Waals surface area contributed by atoms with Crippen molar-refractivity contribution in [2.75, 3.05) is 5.32 Å². The van der Waals surface area contributed by atoms with Crippen LogP contribution in [-0.2, 0) is 0 Å². The lowest BCUT2D eigenvalue weighted by Crippen LogP contribution is -1.99. The molecule has 0 amide bonds. The summed E-state index contributed by atoms with van der Waals surface area (Å²) in [5.41, 5.74) is 0. The molecular weight excluding hydrogens is 229 g/mol. The van der Waals surface area contributed by atoms with E-state index in [1.165, 1.54) is 6.26 Å². The van der Waals surface area contributed by atoms with Crippen molar-refractivity contribution in [2.24, 2.45) is 0 Å². The predicted molar refractivity (Wildman–Crippen MR) is 49.6 cm³/mol. The average Bonchev–Trinajstić information content (AvgIpc) is 2.54. The molecule has 2 heterocycles. The summed E-state index contributed by atoms with van der Waals surface area (Å²) in [7, 11) is 0. The second-order valence-corrected chi connectivity index (χ2v) is 2.88. The van der Waals surface area contributed by atoms with Gasteiger partial charge in [-0.15, -0.1) is 0 Å². The largest absolute Gasteiger partial charge is 0.363 e. The topological polar surface area (TPSA) is 76.7 Å². The fourth-order valence-electron chi connectivity index (χ4n) is 0.773. The molecule has 8 heteroatoms. The number of hydrogen-bond donors (Lipinski definition) is 1. The molecule has 0 aliphatic heterocycles. The van der Waals surface area contributed by atoms with Crippen LogP contribution in [0.15, 0.2) is 16.9 Å². The SMILES string of the molecule is Clc1nc(Cl)nc(Nc2ccon2)n1. The normalized spacial score (nSPS) is 10.1. The molecule has 1 N–H and O–H groups in total. The van der Waals surface area contributed by atoms with E-state index in [1.54, 1.807) is 6.07 Å². The lowest BCUT2D eigenvalue weighted by Gasteiger charge is -1.99. The van der Waals surface area contributed by atoms with E-state index in [-0.39, 0.29) is 16.5 Å². The van der Waals surface area contributed by atoms with Gasteiger partial charge in [-0.05, 0) is 23.2 Å². The number of rotatable bonds is 2. The molecule has 0 aromatic carbocycles. The first-order valence-electron chi connectivity index (χ1n) is 3.48. The van der Waals surface area contributed by atoms with Crippen LogP contribution in [0.25, 0.3) is 0 Å². The van der Waals surface area contributed by atoms with Crippen molar-refractivity contribution < 1.29 is 4.52 Å². The fraction of sp³-hybridized carbons (Fsp3) is 0. The third-order valence-corrected chi connectivity index (χ3v) is 1.60. The monoisotopic (exact) mass is 231 g/mol. The highest BCUT2D eigenvalue weighted by Crippen LogP contribution is 2.13. The van der Waals surface area contributed by atoms with Gasteiger partial charge in [0.15, 0.2) is 5.82 Å². The molecule has 14 heavy (non-hydrogen) atoms. The van der Waals surface area contributed by atoms with Crippen molar-refractivity contribution >= 4 is 35.0 Å². The minimum atomic E-state index is 0.0102. The van der Waals surface area contributed by atoms with Crippen molar-refractivity contribution in [3.63, 3.8) is 0 Å². The van der Waals surface area contributed by atoms with Gasteiger partial charge < -0.3 is 9.84 Å². The molecule has 2 rings (SSSR count). The smallest absolute Gasteiger partial charge is 0.234 e. The van der Waals surface area contributed by atoms with Crippen LogP contribution in [0.4, 0.5) is 11.8 Å². The van der Waals surface area contributed by atoms with Gasteiger partial charge in [0.1, 0.15) is 6.26 Å². The first-order chi connectivity index (χ1) is 6.74. The number of anilines is 2. The van der Waals surface area contributed by atoms with Crippen molar-refractivity contribution in [3.05, 3.63) is 22.9 Å². The van der Waals surface area contributed by atoms with E-state index in [2.05, 4.69) is 29.9 Å². The van der Waals surface area contributed by atoms with Crippen LogP contribution in [-0.4, -0.2) is 20.1 Å². The lowest BCUT2D eigenvalue weighted by molar-refractivity contribution is 0.423. The zero-order valence-electron chi connectivity index (χ0n) is 6.61. The molecule has 0 saturated carbocycles. The van der Waals surface area contributed by atoms with Gasteiger partial charge in [-0.25, -0.2) is 0 Å². The van der Waals surface area contributed by atoms with E-state index in [0.29, 0.717) is 5.82 Å². The number of nitrogens with zero attached hydrogens (tertiary/aromatic N) is 4. The molecule has 2 aromatic rings.